The lowest BCUT2D eigenvalue weighted by molar-refractivity contribution is -0.116. The molecule has 0 unspecified atom stereocenters. The van der Waals surface area contributed by atoms with Gasteiger partial charge in [-0.25, -0.2) is 4.98 Å². The normalized spacial score (nSPS) is 15.2. The van der Waals surface area contributed by atoms with Crippen LogP contribution in [0.1, 0.15) is 24.0 Å². The van der Waals surface area contributed by atoms with Gasteiger partial charge in [0.2, 0.25) is 5.91 Å². The zero-order valence-corrected chi connectivity index (χ0v) is 14.7. The third kappa shape index (κ3) is 4.68. The van der Waals surface area contributed by atoms with Crippen molar-refractivity contribution in [3.05, 3.63) is 52.4 Å². The Hall–Kier alpha value is -2.65. The summed E-state index contributed by atoms with van der Waals surface area (Å²) in [5, 5.41) is 16.2. The third-order valence-corrected chi connectivity index (χ3v) is 5.06. The quantitative estimate of drug-likeness (QED) is 0.840. The smallest absolute Gasteiger partial charge is 0.244 e. The van der Waals surface area contributed by atoms with Crippen LogP contribution in [0.4, 0.5) is 5.82 Å². The first-order valence-corrected chi connectivity index (χ1v) is 9.28. The molecule has 2 aromatic heterocycles. The fraction of sp³-hybridized carbons (Fsp3) is 0.316. The molecule has 25 heavy (non-hydrogen) atoms. The van der Waals surface area contributed by atoms with E-state index in [9.17, 15) is 10.1 Å². The maximum atomic E-state index is 11.9. The first kappa shape index (κ1) is 17.2. The highest BCUT2D eigenvalue weighted by molar-refractivity contribution is 7.08. The Balaban J connectivity index is 1.45. The van der Waals surface area contributed by atoms with E-state index < -0.39 is 0 Å². The van der Waals surface area contributed by atoms with Crippen molar-refractivity contribution in [1.82, 2.24) is 10.3 Å². The maximum absolute atomic E-state index is 11.9. The molecule has 1 saturated heterocycles. The highest BCUT2D eigenvalue weighted by Gasteiger charge is 2.22. The van der Waals surface area contributed by atoms with Gasteiger partial charge < -0.3 is 10.2 Å². The Labute approximate surface area is 151 Å². The number of aromatic nitrogens is 1. The number of rotatable bonds is 5. The van der Waals surface area contributed by atoms with Crippen LogP contribution in [0.15, 0.2) is 41.2 Å². The molecule has 0 bridgehead atoms. The van der Waals surface area contributed by atoms with Gasteiger partial charge in [0.15, 0.2) is 0 Å². The van der Waals surface area contributed by atoms with Crippen molar-refractivity contribution in [2.45, 2.75) is 12.8 Å². The summed E-state index contributed by atoms with van der Waals surface area (Å²) in [6.07, 6.45) is 7.11. The van der Waals surface area contributed by atoms with Crippen LogP contribution in [0.25, 0.3) is 6.08 Å². The van der Waals surface area contributed by atoms with Crippen LogP contribution in [-0.4, -0.2) is 30.5 Å². The van der Waals surface area contributed by atoms with Crippen LogP contribution in [0.3, 0.4) is 0 Å². The molecule has 0 spiro atoms. The van der Waals surface area contributed by atoms with Gasteiger partial charge in [0.25, 0.3) is 0 Å². The molecule has 5 nitrogen and oxygen atoms in total. The second-order valence-corrected chi connectivity index (χ2v) is 6.83. The van der Waals surface area contributed by atoms with Crippen molar-refractivity contribution >= 4 is 29.1 Å². The molecular weight excluding hydrogens is 332 g/mol. The molecule has 1 aliphatic rings. The van der Waals surface area contributed by atoms with E-state index in [1.165, 1.54) is 0 Å². The molecule has 0 saturated carbocycles. The number of thiophene rings is 1. The molecule has 3 rings (SSSR count). The minimum Gasteiger partial charge on any atom is -0.356 e. The number of carbonyl (C=O) groups excluding carboxylic acids is 1. The highest BCUT2D eigenvalue weighted by Crippen LogP contribution is 2.23. The number of nitriles is 1. The molecule has 1 amide bonds. The molecule has 0 aliphatic carbocycles. The van der Waals surface area contributed by atoms with Gasteiger partial charge in [-0.2, -0.15) is 16.6 Å². The van der Waals surface area contributed by atoms with Crippen molar-refractivity contribution in [2.24, 2.45) is 5.92 Å². The van der Waals surface area contributed by atoms with Crippen molar-refractivity contribution in [1.29, 1.82) is 5.26 Å². The Bertz CT molecular complexity index is 771. The Morgan fingerprint density at radius 1 is 1.44 bits per heavy atom. The number of nitrogens with zero attached hydrogens (tertiary/aromatic N) is 3. The van der Waals surface area contributed by atoms with Crippen molar-refractivity contribution < 1.29 is 4.79 Å². The Kier molecular flexibility index (Phi) is 5.81. The molecular formula is C19H20N4OS. The number of amides is 1. The molecule has 128 valence electrons. The van der Waals surface area contributed by atoms with Gasteiger partial charge in [0.1, 0.15) is 11.9 Å². The fourth-order valence-corrected chi connectivity index (χ4v) is 3.56. The largest absolute Gasteiger partial charge is 0.356 e. The topological polar surface area (TPSA) is 69.0 Å². The van der Waals surface area contributed by atoms with E-state index in [1.807, 2.05) is 22.9 Å². The molecule has 0 aromatic carbocycles. The van der Waals surface area contributed by atoms with Crippen LogP contribution in [-0.2, 0) is 4.79 Å². The van der Waals surface area contributed by atoms with E-state index in [-0.39, 0.29) is 5.91 Å². The molecule has 1 fully saturated rings. The summed E-state index contributed by atoms with van der Waals surface area (Å²) in [4.78, 5) is 18.4. The molecule has 2 aromatic rings. The van der Waals surface area contributed by atoms with E-state index in [0.717, 1.165) is 37.3 Å². The summed E-state index contributed by atoms with van der Waals surface area (Å²) in [7, 11) is 0. The van der Waals surface area contributed by atoms with Gasteiger partial charge >= 0.3 is 0 Å². The first-order chi connectivity index (χ1) is 12.3. The molecule has 0 radical (unpaired) electrons. The number of nitrogens with one attached hydrogen (secondary N) is 1. The first-order valence-electron chi connectivity index (χ1n) is 8.34. The van der Waals surface area contributed by atoms with Crippen LogP contribution >= 0.6 is 11.3 Å². The predicted molar refractivity (Wildman–Crippen MR) is 100 cm³/mol. The fourth-order valence-electron chi connectivity index (χ4n) is 2.93. The van der Waals surface area contributed by atoms with Crippen LogP contribution < -0.4 is 10.2 Å². The number of pyridine rings is 1. The van der Waals surface area contributed by atoms with E-state index in [0.29, 0.717) is 18.0 Å². The van der Waals surface area contributed by atoms with Crippen LogP contribution in [0, 0.1) is 17.2 Å². The monoisotopic (exact) mass is 352 g/mol. The third-order valence-electron chi connectivity index (χ3n) is 4.36. The van der Waals surface area contributed by atoms with Gasteiger partial charge in [-0.1, -0.05) is 0 Å². The van der Waals surface area contributed by atoms with Crippen LogP contribution in [0.5, 0.6) is 0 Å². The SMILES string of the molecule is N#Cc1cccnc1N1CCC(CNC(=O)/C=C/c2ccsc2)CC1. The van der Waals surface area contributed by atoms with Gasteiger partial charge in [-0.05, 0) is 59.4 Å². The minimum atomic E-state index is -0.0508. The van der Waals surface area contributed by atoms with Crippen LogP contribution in [0.2, 0.25) is 0 Å². The highest BCUT2D eigenvalue weighted by atomic mass is 32.1. The van der Waals surface area contributed by atoms with Crippen molar-refractivity contribution in [3.63, 3.8) is 0 Å². The maximum Gasteiger partial charge on any atom is 0.244 e. The second-order valence-electron chi connectivity index (χ2n) is 6.05. The van der Waals surface area contributed by atoms with Crippen molar-refractivity contribution in [2.75, 3.05) is 24.5 Å². The number of hydrogen-bond donors (Lipinski definition) is 1. The summed E-state index contributed by atoms with van der Waals surface area (Å²) in [6, 6.07) is 7.77. The second kappa shape index (κ2) is 8.45. The average molecular weight is 352 g/mol. The number of carbonyl (C=O) groups is 1. The number of hydrogen-bond acceptors (Lipinski definition) is 5. The van der Waals surface area contributed by atoms with E-state index in [2.05, 4.69) is 21.3 Å². The van der Waals surface area contributed by atoms with Gasteiger partial charge in [-0.15, -0.1) is 0 Å². The Morgan fingerprint density at radius 2 is 2.28 bits per heavy atom. The molecule has 3 heterocycles. The lowest BCUT2D eigenvalue weighted by Gasteiger charge is -2.33. The number of piperidine rings is 1. The molecule has 6 heteroatoms. The molecule has 1 aliphatic heterocycles. The van der Waals surface area contributed by atoms with Gasteiger partial charge in [0, 0.05) is 31.9 Å². The zero-order chi connectivity index (χ0) is 17.5. The van der Waals surface area contributed by atoms with Crippen molar-refractivity contribution in [3.8, 4) is 6.07 Å². The summed E-state index contributed by atoms with van der Waals surface area (Å²) in [5.74, 6) is 1.18. The van der Waals surface area contributed by atoms with E-state index in [1.54, 1.807) is 35.7 Å². The number of anilines is 1. The van der Waals surface area contributed by atoms with Gasteiger partial charge in [0.05, 0.1) is 5.56 Å². The summed E-state index contributed by atoms with van der Waals surface area (Å²) < 4.78 is 0. The summed E-state index contributed by atoms with van der Waals surface area (Å²) in [5.41, 5.74) is 1.67. The summed E-state index contributed by atoms with van der Waals surface area (Å²) in [6.45, 7) is 2.40. The predicted octanol–water partition coefficient (Wildman–Crippen LogP) is 3.06. The molecule has 1 N–H and O–H groups in total. The standard InChI is InChI=1S/C19H20N4OS/c20-12-17-2-1-8-21-19(17)23-9-5-15(6-10-23)13-22-18(24)4-3-16-7-11-25-14-16/h1-4,7-8,11,14-15H,5-6,9-10,13H2,(H,22,24)/b4-3+. The summed E-state index contributed by atoms with van der Waals surface area (Å²) >= 11 is 1.62. The zero-order valence-electron chi connectivity index (χ0n) is 13.9. The van der Waals surface area contributed by atoms with E-state index >= 15 is 0 Å². The lowest BCUT2D eigenvalue weighted by Crippen LogP contribution is -2.39. The lowest BCUT2D eigenvalue weighted by atomic mass is 9.96. The van der Waals surface area contributed by atoms with Gasteiger partial charge in [-0.3, -0.25) is 4.79 Å². The Morgan fingerprint density at radius 3 is 3.00 bits per heavy atom. The minimum absolute atomic E-state index is 0.0508. The average Bonchev–Trinajstić information content (AvgIpc) is 3.19. The molecule has 0 atom stereocenters. The van der Waals surface area contributed by atoms with E-state index in [4.69, 9.17) is 0 Å².